The summed E-state index contributed by atoms with van der Waals surface area (Å²) in [7, 11) is 0. The summed E-state index contributed by atoms with van der Waals surface area (Å²) in [5.74, 6) is 1.24. The Bertz CT molecular complexity index is 726. The summed E-state index contributed by atoms with van der Waals surface area (Å²) >= 11 is 3.49. The number of benzene rings is 2. The molecule has 128 valence electrons. The number of carbonyl (C=O) groups excluding carboxylic acids is 1. The number of aryl methyl sites for hydroxylation is 2. The first-order valence-electron chi connectivity index (χ1n) is 8.17. The smallest absolute Gasteiger partial charge is 0.255 e. The molecule has 0 spiro atoms. The minimum atomic E-state index is -0.127. The van der Waals surface area contributed by atoms with Crippen LogP contribution in [0, 0.1) is 19.8 Å². The molecule has 24 heavy (non-hydrogen) atoms. The lowest BCUT2D eigenvalue weighted by atomic mass is 10.1. The summed E-state index contributed by atoms with van der Waals surface area (Å²) in [6.45, 7) is 8.99. The molecule has 0 aliphatic rings. The van der Waals surface area contributed by atoms with Crippen LogP contribution in [-0.2, 0) is 0 Å². The normalized spacial score (nSPS) is 10.8. The SMILES string of the molecule is Cc1ccc(C)c(NC(=O)c2ccc(OCCC(C)C)c(Br)c2)c1. The molecule has 2 rings (SSSR count). The Morgan fingerprint density at radius 1 is 1.17 bits per heavy atom. The third kappa shape index (κ3) is 5.10. The van der Waals surface area contributed by atoms with Crippen molar-refractivity contribution in [3.63, 3.8) is 0 Å². The highest BCUT2D eigenvalue weighted by Gasteiger charge is 2.11. The van der Waals surface area contributed by atoms with Crippen LogP contribution in [-0.4, -0.2) is 12.5 Å². The van der Waals surface area contributed by atoms with Crippen molar-refractivity contribution in [2.75, 3.05) is 11.9 Å². The highest BCUT2D eigenvalue weighted by atomic mass is 79.9. The van der Waals surface area contributed by atoms with Crippen molar-refractivity contribution in [2.24, 2.45) is 5.92 Å². The molecule has 1 N–H and O–H groups in total. The van der Waals surface area contributed by atoms with Gasteiger partial charge in [0.25, 0.3) is 5.91 Å². The van der Waals surface area contributed by atoms with Crippen molar-refractivity contribution >= 4 is 27.5 Å². The fourth-order valence-corrected chi connectivity index (χ4v) is 2.72. The molecule has 0 saturated carbocycles. The number of ether oxygens (including phenoxy) is 1. The predicted octanol–water partition coefficient (Wildman–Crippen LogP) is 5.74. The fraction of sp³-hybridized carbons (Fsp3) is 0.350. The highest BCUT2D eigenvalue weighted by Crippen LogP contribution is 2.27. The van der Waals surface area contributed by atoms with Crippen molar-refractivity contribution in [2.45, 2.75) is 34.1 Å². The van der Waals surface area contributed by atoms with Crippen LogP contribution in [0.2, 0.25) is 0 Å². The Balaban J connectivity index is 2.07. The third-order valence-electron chi connectivity index (χ3n) is 3.79. The lowest BCUT2D eigenvalue weighted by Crippen LogP contribution is -2.13. The van der Waals surface area contributed by atoms with E-state index in [1.54, 1.807) is 12.1 Å². The first-order chi connectivity index (χ1) is 11.4. The van der Waals surface area contributed by atoms with E-state index in [4.69, 9.17) is 4.74 Å². The Morgan fingerprint density at radius 2 is 1.92 bits per heavy atom. The number of nitrogens with one attached hydrogen (secondary N) is 1. The van der Waals surface area contributed by atoms with Crippen molar-refractivity contribution < 1.29 is 9.53 Å². The molecule has 0 fully saturated rings. The summed E-state index contributed by atoms with van der Waals surface area (Å²) in [4.78, 5) is 12.5. The standard InChI is InChI=1S/C20H24BrNO2/c1-13(2)9-10-24-19-8-7-16(12-17(19)21)20(23)22-18-11-14(3)5-6-15(18)4/h5-8,11-13H,9-10H2,1-4H3,(H,22,23). The molecule has 0 radical (unpaired) electrons. The van der Waals surface area contributed by atoms with Gasteiger partial charge in [-0.1, -0.05) is 26.0 Å². The number of amides is 1. The summed E-state index contributed by atoms with van der Waals surface area (Å²) < 4.78 is 6.55. The van der Waals surface area contributed by atoms with Crippen molar-refractivity contribution in [3.8, 4) is 5.75 Å². The molecule has 0 bridgehead atoms. The first kappa shape index (κ1) is 18.5. The van der Waals surface area contributed by atoms with Gasteiger partial charge in [-0.2, -0.15) is 0 Å². The van der Waals surface area contributed by atoms with Crippen LogP contribution in [0.5, 0.6) is 5.75 Å². The summed E-state index contributed by atoms with van der Waals surface area (Å²) in [6, 6.07) is 11.4. The van der Waals surface area contributed by atoms with Gasteiger partial charge in [0, 0.05) is 11.3 Å². The predicted molar refractivity (Wildman–Crippen MR) is 103 cm³/mol. The zero-order valence-electron chi connectivity index (χ0n) is 14.7. The average molecular weight is 390 g/mol. The van der Waals surface area contributed by atoms with E-state index in [2.05, 4.69) is 35.1 Å². The van der Waals surface area contributed by atoms with Gasteiger partial charge in [-0.05, 0) is 77.5 Å². The second kappa shape index (κ2) is 8.34. The number of rotatable bonds is 6. The molecular formula is C20H24BrNO2. The lowest BCUT2D eigenvalue weighted by Gasteiger charge is -2.12. The van der Waals surface area contributed by atoms with Gasteiger partial charge in [0.1, 0.15) is 5.75 Å². The second-order valence-corrected chi connectivity index (χ2v) is 7.30. The number of hydrogen-bond acceptors (Lipinski definition) is 2. The molecule has 0 atom stereocenters. The number of hydrogen-bond donors (Lipinski definition) is 1. The summed E-state index contributed by atoms with van der Waals surface area (Å²) in [5.41, 5.74) is 3.60. The van der Waals surface area contributed by atoms with Crippen LogP contribution in [0.25, 0.3) is 0 Å². The van der Waals surface area contributed by atoms with Gasteiger partial charge >= 0.3 is 0 Å². The largest absolute Gasteiger partial charge is 0.492 e. The molecule has 1 amide bonds. The van der Waals surface area contributed by atoms with E-state index in [1.807, 2.05) is 38.1 Å². The molecule has 3 nitrogen and oxygen atoms in total. The van der Waals surface area contributed by atoms with Gasteiger partial charge < -0.3 is 10.1 Å². The van der Waals surface area contributed by atoms with E-state index in [1.165, 1.54) is 0 Å². The Labute approximate surface area is 152 Å². The highest BCUT2D eigenvalue weighted by molar-refractivity contribution is 9.10. The maximum absolute atomic E-state index is 12.5. The first-order valence-corrected chi connectivity index (χ1v) is 8.97. The number of anilines is 1. The molecule has 0 unspecified atom stereocenters. The zero-order valence-corrected chi connectivity index (χ0v) is 16.2. The van der Waals surface area contributed by atoms with E-state index in [0.29, 0.717) is 18.1 Å². The summed E-state index contributed by atoms with van der Waals surface area (Å²) in [6.07, 6.45) is 1.00. The van der Waals surface area contributed by atoms with E-state index in [-0.39, 0.29) is 5.91 Å². The quantitative estimate of drug-likeness (QED) is 0.683. The zero-order chi connectivity index (χ0) is 17.7. The molecule has 0 aromatic heterocycles. The van der Waals surface area contributed by atoms with E-state index in [0.717, 1.165) is 33.5 Å². The van der Waals surface area contributed by atoms with Gasteiger partial charge in [-0.15, -0.1) is 0 Å². The Kier molecular flexibility index (Phi) is 6.44. The topological polar surface area (TPSA) is 38.3 Å². The van der Waals surface area contributed by atoms with Crippen LogP contribution in [0.4, 0.5) is 5.69 Å². The van der Waals surface area contributed by atoms with Crippen molar-refractivity contribution in [1.29, 1.82) is 0 Å². The Morgan fingerprint density at radius 3 is 2.58 bits per heavy atom. The maximum Gasteiger partial charge on any atom is 0.255 e. The van der Waals surface area contributed by atoms with Gasteiger partial charge in [0.05, 0.1) is 11.1 Å². The van der Waals surface area contributed by atoms with Gasteiger partial charge in [0.2, 0.25) is 0 Å². The van der Waals surface area contributed by atoms with Gasteiger partial charge in [-0.3, -0.25) is 4.79 Å². The molecule has 0 heterocycles. The number of halogens is 1. The van der Waals surface area contributed by atoms with Crippen LogP contribution >= 0.6 is 15.9 Å². The minimum Gasteiger partial charge on any atom is -0.492 e. The lowest BCUT2D eigenvalue weighted by molar-refractivity contribution is 0.102. The van der Waals surface area contributed by atoms with Crippen LogP contribution in [0.3, 0.4) is 0 Å². The molecule has 2 aromatic rings. The van der Waals surface area contributed by atoms with E-state index >= 15 is 0 Å². The maximum atomic E-state index is 12.5. The average Bonchev–Trinajstić information content (AvgIpc) is 2.52. The van der Waals surface area contributed by atoms with Crippen LogP contribution in [0.15, 0.2) is 40.9 Å². The molecule has 0 aliphatic heterocycles. The molecule has 4 heteroatoms. The monoisotopic (exact) mass is 389 g/mol. The summed E-state index contributed by atoms with van der Waals surface area (Å²) in [5, 5.41) is 2.97. The third-order valence-corrected chi connectivity index (χ3v) is 4.41. The molecule has 0 aliphatic carbocycles. The minimum absolute atomic E-state index is 0.127. The fourth-order valence-electron chi connectivity index (χ4n) is 2.23. The van der Waals surface area contributed by atoms with Crippen molar-refractivity contribution in [1.82, 2.24) is 0 Å². The molecule has 2 aromatic carbocycles. The van der Waals surface area contributed by atoms with Crippen LogP contribution < -0.4 is 10.1 Å². The molecular weight excluding hydrogens is 366 g/mol. The van der Waals surface area contributed by atoms with Crippen LogP contribution in [0.1, 0.15) is 41.8 Å². The number of carbonyl (C=O) groups is 1. The van der Waals surface area contributed by atoms with Crippen molar-refractivity contribution in [3.05, 3.63) is 57.6 Å². The van der Waals surface area contributed by atoms with Gasteiger partial charge in [-0.25, -0.2) is 0 Å². The van der Waals surface area contributed by atoms with E-state index in [9.17, 15) is 4.79 Å². The van der Waals surface area contributed by atoms with E-state index < -0.39 is 0 Å². The second-order valence-electron chi connectivity index (χ2n) is 6.45. The molecule has 0 saturated heterocycles. The Hall–Kier alpha value is -1.81. The van der Waals surface area contributed by atoms with Gasteiger partial charge in [0.15, 0.2) is 0 Å².